The molecule has 0 aromatic heterocycles. The number of fused-ring (bicyclic) bond motifs is 1. The SMILES string of the molecule is COc1cccc(C2=Nc3ccccc3NC(=O)C2)c1. The van der Waals surface area contributed by atoms with Gasteiger partial charge in [0.05, 0.1) is 30.6 Å². The number of aliphatic imine (C=N–C) groups is 1. The van der Waals surface area contributed by atoms with Gasteiger partial charge < -0.3 is 10.1 Å². The van der Waals surface area contributed by atoms with Crippen LogP contribution in [0.25, 0.3) is 0 Å². The van der Waals surface area contributed by atoms with Gasteiger partial charge in [0.2, 0.25) is 5.91 Å². The molecular weight excluding hydrogens is 252 g/mol. The van der Waals surface area contributed by atoms with E-state index >= 15 is 0 Å². The molecule has 0 fully saturated rings. The first-order valence-electron chi connectivity index (χ1n) is 6.37. The van der Waals surface area contributed by atoms with Crippen molar-refractivity contribution in [3.63, 3.8) is 0 Å². The largest absolute Gasteiger partial charge is 0.497 e. The molecule has 1 aliphatic rings. The van der Waals surface area contributed by atoms with Crippen LogP contribution in [-0.4, -0.2) is 18.7 Å². The van der Waals surface area contributed by atoms with Crippen molar-refractivity contribution in [1.29, 1.82) is 0 Å². The minimum atomic E-state index is -0.0588. The van der Waals surface area contributed by atoms with Crippen LogP contribution < -0.4 is 10.1 Å². The number of para-hydroxylation sites is 2. The van der Waals surface area contributed by atoms with Gasteiger partial charge in [0.15, 0.2) is 0 Å². The molecule has 0 spiro atoms. The van der Waals surface area contributed by atoms with Crippen molar-refractivity contribution in [2.45, 2.75) is 6.42 Å². The highest BCUT2D eigenvalue weighted by atomic mass is 16.5. The van der Waals surface area contributed by atoms with E-state index in [2.05, 4.69) is 10.3 Å². The number of amides is 1. The number of carbonyl (C=O) groups is 1. The summed E-state index contributed by atoms with van der Waals surface area (Å²) in [5.41, 5.74) is 3.16. The molecule has 0 aliphatic carbocycles. The Hall–Kier alpha value is -2.62. The Morgan fingerprint density at radius 1 is 1.15 bits per heavy atom. The summed E-state index contributed by atoms with van der Waals surface area (Å²) in [6.07, 6.45) is 0.252. The van der Waals surface area contributed by atoms with Crippen molar-refractivity contribution in [2.75, 3.05) is 12.4 Å². The molecule has 100 valence electrons. The smallest absolute Gasteiger partial charge is 0.230 e. The first-order valence-corrected chi connectivity index (χ1v) is 6.37. The zero-order chi connectivity index (χ0) is 13.9. The summed E-state index contributed by atoms with van der Waals surface area (Å²) in [5.74, 6) is 0.694. The first kappa shape index (κ1) is 12.4. The van der Waals surface area contributed by atoms with Crippen molar-refractivity contribution in [3.8, 4) is 5.75 Å². The summed E-state index contributed by atoms with van der Waals surface area (Å²) in [4.78, 5) is 16.6. The molecule has 1 N–H and O–H groups in total. The second kappa shape index (κ2) is 5.17. The number of nitrogens with one attached hydrogen (secondary N) is 1. The number of hydrogen-bond donors (Lipinski definition) is 1. The van der Waals surface area contributed by atoms with Gasteiger partial charge in [-0.25, -0.2) is 0 Å². The predicted molar refractivity (Wildman–Crippen MR) is 78.9 cm³/mol. The third kappa shape index (κ3) is 2.40. The average molecular weight is 266 g/mol. The minimum absolute atomic E-state index is 0.0588. The molecule has 0 radical (unpaired) electrons. The van der Waals surface area contributed by atoms with Crippen LogP contribution in [0.1, 0.15) is 12.0 Å². The van der Waals surface area contributed by atoms with Crippen LogP contribution in [0.5, 0.6) is 5.75 Å². The molecule has 2 aromatic carbocycles. The highest BCUT2D eigenvalue weighted by Gasteiger charge is 2.16. The Balaban J connectivity index is 2.08. The molecule has 0 atom stereocenters. The van der Waals surface area contributed by atoms with Gasteiger partial charge in [-0.05, 0) is 24.3 Å². The predicted octanol–water partition coefficient (Wildman–Crippen LogP) is 3.16. The Labute approximate surface area is 117 Å². The zero-order valence-electron chi connectivity index (χ0n) is 11.1. The second-order valence-electron chi connectivity index (χ2n) is 4.53. The summed E-state index contributed by atoms with van der Waals surface area (Å²) in [6, 6.07) is 15.1. The topological polar surface area (TPSA) is 50.7 Å². The molecule has 4 heteroatoms. The normalized spacial score (nSPS) is 13.8. The van der Waals surface area contributed by atoms with E-state index in [-0.39, 0.29) is 12.3 Å². The van der Waals surface area contributed by atoms with Crippen LogP contribution in [0.2, 0.25) is 0 Å². The number of hydrogen-bond acceptors (Lipinski definition) is 3. The lowest BCUT2D eigenvalue weighted by Crippen LogP contribution is -2.14. The fourth-order valence-corrected chi connectivity index (χ4v) is 2.18. The summed E-state index contributed by atoms with van der Waals surface area (Å²) in [7, 11) is 1.62. The molecule has 2 aromatic rings. The second-order valence-corrected chi connectivity index (χ2v) is 4.53. The molecule has 20 heavy (non-hydrogen) atoms. The van der Waals surface area contributed by atoms with Gasteiger partial charge in [-0.1, -0.05) is 24.3 Å². The summed E-state index contributed by atoms with van der Waals surface area (Å²) < 4.78 is 5.22. The third-order valence-electron chi connectivity index (χ3n) is 3.16. The van der Waals surface area contributed by atoms with Crippen LogP contribution in [0.15, 0.2) is 53.5 Å². The Kier molecular flexibility index (Phi) is 3.21. The van der Waals surface area contributed by atoms with E-state index in [1.54, 1.807) is 7.11 Å². The molecule has 0 saturated carbocycles. The van der Waals surface area contributed by atoms with E-state index < -0.39 is 0 Å². The van der Waals surface area contributed by atoms with E-state index in [0.29, 0.717) is 0 Å². The van der Waals surface area contributed by atoms with Gasteiger partial charge in [-0.3, -0.25) is 9.79 Å². The fourth-order valence-electron chi connectivity index (χ4n) is 2.18. The molecule has 3 rings (SSSR count). The summed E-state index contributed by atoms with van der Waals surface area (Å²) in [6.45, 7) is 0. The highest BCUT2D eigenvalue weighted by Crippen LogP contribution is 2.29. The third-order valence-corrected chi connectivity index (χ3v) is 3.16. The van der Waals surface area contributed by atoms with Gasteiger partial charge in [0.1, 0.15) is 5.75 Å². The minimum Gasteiger partial charge on any atom is -0.497 e. The highest BCUT2D eigenvalue weighted by molar-refractivity contribution is 6.16. The maximum absolute atomic E-state index is 12.0. The molecule has 0 bridgehead atoms. The Bertz CT molecular complexity index is 692. The van der Waals surface area contributed by atoms with E-state index in [1.807, 2.05) is 48.5 Å². The number of ether oxygens (including phenoxy) is 1. The summed E-state index contributed by atoms with van der Waals surface area (Å²) in [5, 5.41) is 2.87. The maximum atomic E-state index is 12.0. The zero-order valence-corrected chi connectivity index (χ0v) is 11.1. The van der Waals surface area contributed by atoms with E-state index in [4.69, 9.17) is 4.74 Å². The molecule has 1 heterocycles. The molecule has 1 aliphatic heterocycles. The maximum Gasteiger partial charge on any atom is 0.230 e. The number of methoxy groups -OCH3 is 1. The van der Waals surface area contributed by atoms with Crippen LogP contribution in [0.3, 0.4) is 0 Å². The lowest BCUT2D eigenvalue weighted by atomic mass is 10.1. The van der Waals surface area contributed by atoms with Crippen LogP contribution in [0, 0.1) is 0 Å². The number of carbonyl (C=O) groups excluding carboxylic acids is 1. The van der Waals surface area contributed by atoms with Gasteiger partial charge in [0, 0.05) is 5.56 Å². The lowest BCUT2D eigenvalue weighted by Gasteiger charge is -2.05. The molecule has 0 saturated heterocycles. The van der Waals surface area contributed by atoms with E-state index in [9.17, 15) is 4.79 Å². The standard InChI is InChI=1S/C16H14N2O2/c1-20-12-6-4-5-11(9-12)15-10-16(19)18-14-8-3-2-7-13(14)17-15/h2-9H,10H2,1H3,(H,18,19). The van der Waals surface area contributed by atoms with Crippen LogP contribution in [0.4, 0.5) is 11.4 Å². The van der Waals surface area contributed by atoms with Gasteiger partial charge in [-0.15, -0.1) is 0 Å². The van der Waals surface area contributed by atoms with E-state index in [1.165, 1.54) is 0 Å². The molecule has 1 amide bonds. The van der Waals surface area contributed by atoms with Crippen LogP contribution in [-0.2, 0) is 4.79 Å². The van der Waals surface area contributed by atoms with Crippen molar-refractivity contribution < 1.29 is 9.53 Å². The van der Waals surface area contributed by atoms with Gasteiger partial charge >= 0.3 is 0 Å². The van der Waals surface area contributed by atoms with Gasteiger partial charge in [-0.2, -0.15) is 0 Å². The van der Waals surface area contributed by atoms with Gasteiger partial charge in [0.25, 0.3) is 0 Å². The molecular formula is C16H14N2O2. The summed E-state index contributed by atoms with van der Waals surface area (Å²) >= 11 is 0. The molecule has 4 nitrogen and oxygen atoms in total. The quantitative estimate of drug-likeness (QED) is 0.907. The number of rotatable bonds is 2. The number of benzene rings is 2. The Morgan fingerprint density at radius 2 is 2.00 bits per heavy atom. The monoisotopic (exact) mass is 266 g/mol. The Morgan fingerprint density at radius 3 is 2.85 bits per heavy atom. The number of nitrogens with zero attached hydrogens (tertiary/aromatic N) is 1. The fraction of sp³-hybridized carbons (Fsp3) is 0.125. The van der Waals surface area contributed by atoms with Crippen LogP contribution >= 0.6 is 0 Å². The first-order chi connectivity index (χ1) is 9.76. The van der Waals surface area contributed by atoms with E-state index in [0.717, 1.165) is 28.4 Å². The van der Waals surface area contributed by atoms with Crippen molar-refractivity contribution in [3.05, 3.63) is 54.1 Å². The van der Waals surface area contributed by atoms with Crippen molar-refractivity contribution in [1.82, 2.24) is 0 Å². The van der Waals surface area contributed by atoms with Crippen molar-refractivity contribution >= 4 is 23.0 Å². The average Bonchev–Trinajstić information content (AvgIpc) is 2.65. The number of anilines is 1. The molecule has 0 unspecified atom stereocenters. The lowest BCUT2D eigenvalue weighted by molar-refractivity contribution is -0.115. The van der Waals surface area contributed by atoms with Crippen molar-refractivity contribution in [2.24, 2.45) is 4.99 Å².